The molecule has 2 aromatic heterocycles. The Morgan fingerprint density at radius 2 is 2.18 bits per heavy atom. The maximum atomic E-state index is 12.0. The standard InChI is InChI=1S/C13H12F3N3O2S/c1-8(21-7-13(14,15)16)11(20)19-12-18-10(6-22-12)9-4-2-3-5-17-9/h2-6,8H,7H2,1H3,(H,18,19,20). The zero-order valence-corrected chi connectivity index (χ0v) is 12.2. The number of hydrogen-bond donors (Lipinski definition) is 1. The number of anilines is 1. The van der Waals surface area contributed by atoms with Crippen LogP contribution in [0.5, 0.6) is 0 Å². The van der Waals surface area contributed by atoms with Gasteiger partial charge in [0, 0.05) is 11.6 Å². The fraction of sp³-hybridized carbons (Fsp3) is 0.308. The van der Waals surface area contributed by atoms with Crippen molar-refractivity contribution < 1.29 is 22.7 Å². The molecule has 0 aromatic carbocycles. The lowest BCUT2D eigenvalue weighted by molar-refractivity contribution is -0.184. The van der Waals surface area contributed by atoms with Crippen LogP contribution in [0.15, 0.2) is 29.8 Å². The predicted octanol–water partition coefficient (Wildman–Crippen LogP) is 3.11. The van der Waals surface area contributed by atoms with Gasteiger partial charge in [-0.05, 0) is 19.1 Å². The van der Waals surface area contributed by atoms with Crippen LogP contribution in [-0.2, 0) is 9.53 Å². The summed E-state index contributed by atoms with van der Waals surface area (Å²) in [5, 5.41) is 4.38. The molecule has 5 nitrogen and oxygen atoms in total. The van der Waals surface area contributed by atoms with Crippen molar-refractivity contribution >= 4 is 22.4 Å². The van der Waals surface area contributed by atoms with Crippen LogP contribution < -0.4 is 5.32 Å². The number of carbonyl (C=O) groups excluding carboxylic acids is 1. The molecular formula is C13H12F3N3O2S. The Bertz CT molecular complexity index is 631. The van der Waals surface area contributed by atoms with Crippen LogP contribution in [0.3, 0.4) is 0 Å². The molecule has 0 saturated carbocycles. The van der Waals surface area contributed by atoms with Gasteiger partial charge in [-0.3, -0.25) is 15.1 Å². The second-order valence-electron chi connectivity index (χ2n) is 4.31. The van der Waals surface area contributed by atoms with Gasteiger partial charge in [-0.15, -0.1) is 11.3 Å². The lowest BCUT2D eigenvalue weighted by Gasteiger charge is -2.13. The number of rotatable bonds is 5. The number of carbonyl (C=O) groups is 1. The number of hydrogen-bond acceptors (Lipinski definition) is 5. The Kier molecular flexibility index (Phi) is 5.09. The quantitative estimate of drug-likeness (QED) is 0.914. The average molecular weight is 331 g/mol. The Morgan fingerprint density at radius 3 is 2.82 bits per heavy atom. The topological polar surface area (TPSA) is 64.1 Å². The number of ether oxygens (including phenoxy) is 1. The highest BCUT2D eigenvalue weighted by molar-refractivity contribution is 7.14. The van der Waals surface area contributed by atoms with Crippen molar-refractivity contribution in [3.8, 4) is 11.4 Å². The molecule has 1 atom stereocenters. The van der Waals surface area contributed by atoms with E-state index in [-0.39, 0.29) is 5.13 Å². The van der Waals surface area contributed by atoms with E-state index >= 15 is 0 Å². The molecule has 1 unspecified atom stereocenters. The highest BCUT2D eigenvalue weighted by Crippen LogP contribution is 2.23. The molecule has 2 aromatic rings. The van der Waals surface area contributed by atoms with Gasteiger partial charge in [-0.25, -0.2) is 4.98 Å². The highest BCUT2D eigenvalue weighted by atomic mass is 32.1. The Morgan fingerprint density at radius 1 is 1.41 bits per heavy atom. The summed E-state index contributed by atoms with van der Waals surface area (Å²) >= 11 is 1.15. The first kappa shape index (κ1) is 16.4. The van der Waals surface area contributed by atoms with E-state index in [2.05, 4.69) is 20.0 Å². The number of halogens is 3. The summed E-state index contributed by atoms with van der Waals surface area (Å²) in [5.74, 6) is -0.689. The van der Waals surface area contributed by atoms with E-state index in [1.54, 1.807) is 29.8 Å². The van der Waals surface area contributed by atoms with Crippen molar-refractivity contribution in [2.75, 3.05) is 11.9 Å². The molecule has 0 radical (unpaired) electrons. The van der Waals surface area contributed by atoms with Gasteiger partial charge < -0.3 is 4.74 Å². The first-order chi connectivity index (χ1) is 10.3. The second kappa shape index (κ2) is 6.84. The van der Waals surface area contributed by atoms with Gasteiger partial charge in [0.15, 0.2) is 5.13 Å². The predicted molar refractivity (Wildman–Crippen MR) is 75.4 cm³/mol. The molecule has 1 N–H and O–H groups in total. The molecule has 0 aliphatic rings. The van der Waals surface area contributed by atoms with Gasteiger partial charge in [0.25, 0.3) is 5.91 Å². The number of nitrogens with zero attached hydrogens (tertiary/aromatic N) is 2. The zero-order chi connectivity index (χ0) is 16.2. The summed E-state index contributed by atoms with van der Waals surface area (Å²) in [4.78, 5) is 20.0. The third-order valence-corrected chi connectivity index (χ3v) is 3.29. The molecule has 0 saturated heterocycles. The molecule has 22 heavy (non-hydrogen) atoms. The van der Waals surface area contributed by atoms with E-state index in [0.29, 0.717) is 11.4 Å². The summed E-state index contributed by atoms with van der Waals surface area (Å²) in [7, 11) is 0. The van der Waals surface area contributed by atoms with Crippen LogP contribution in [0.25, 0.3) is 11.4 Å². The normalized spacial score (nSPS) is 12.9. The van der Waals surface area contributed by atoms with Crippen molar-refractivity contribution in [2.45, 2.75) is 19.2 Å². The lowest BCUT2D eigenvalue weighted by atomic mass is 10.3. The van der Waals surface area contributed by atoms with E-state index < -0.39 is 24.8 Å². The average Bonchev–Trinajstić information content (AvgIpc) is 2.93. The minimum atomic E-state index is -4.47. The minimum Gasteiger partial charge on any atom is -0.359 e. The summed E-state index contributed by atoms with van der Waals surface area (Å²) < 4.78 is 40.5. The highest BCUT2D eigenvalue weighted by Gasteiger charge is 2.30. The van der Waals surface area contributed by atoms with Crippen LogP contribution in [0, 0.1) is 0 Å². The minimum absolute atomic E-state index is 0.271. The third kappa shape index (κ3) is 4.78. The van der Waals surface area contributed by atoms with Crippen molar-refractivity contribution in [3.05, 3.63) is 29.8 Å². The molecule has 0 aliphatic carbocycles. The molecular weight excluding hydrogens is 319 g/mol. The van der Waals surface area contributed by atoms with Gasteiger partial charge >= 0.3 is 6.18 Å². The number of thiazole rings is 1. The summed E-state index contributed by atoms with van der Waals surface area (Å²) in [6.07, 6.45) is -4.09. The van der Waals surface area contributed by atoms with Gasteiger partial charge in [0.2, 0.25) is 0 Å². The smallest absolute Gasteiger partial charge is 0.359 e. The van der Waals surface area contributed by atoms with Gasteiger partial charge in [0.05, 0.1) is 5.69 Å². The van der Waals surface area contributed by atoms with Crippen LogP contribution in [0.4, 0.5) is 18.3 Å². The van der Waals surface area contributed by atoms with Crippen molar-refractivity contribution in [3.63, 3.8) is 0 Å². The molecule has 2 rings (SSSR count). The molecule has 2 heterocycles. The summed E-state index contributed by atoms with van der Waals surface area (Å²) in [5.41, 5.74) is 1.21. The molecule has 0 bridgehead atoms. The summed E-state index contributed by atoms with van der Waals surface area (Å²) in [6.45, 7) is -0.229. The van der Waals surface area contributed by atoms with Crippen molar-refractivity contribution in [1.82, 2.24) is 9.97 Å². The number of pyridine rings is 1. The fourth-order valence-corrected chi connectivity index (χ4v) is 2.17. The van der Waals surface area contributed by atoms with E-state index in [0.717, 1.165) is 11.3 Å². The third-order valence-electron chi connectivity index (χ3n) is 2.53. The lowest BCUT2D eigenvalue weighted by Crippen LogP contribution is -2.31. The molecule has 9 heteroatoms. The Balaban J connectivity index is 1.94. The monoisotopic (exact) mass is 331 g/mol. The maximum absolute atomic E-state index is 12.0. The molecule has 0 spiro atoms. The second-order valence-corrected chi connectivity index (χ2v) is 5.17. The van der Waals surface area contributed by atoms with Gasteiger partial charge in [0.1, 0.15) is 18.4 Å². The van der Waals surface area contributed by atoms with Crippen LogP contribution in [-0.4, -0.2) is 34.8 Å². The summed E-state index contributed by atoms with van der Waals surface area (Å²) in [6, 6.07) is 5.32. The maximum Gasteiger partial charge on any atom is 0.411 e. The first-order valence-corrected chi connectivity index (χ1v) is 7.09. The largest absolute Gasteiger partial charge is 0.411 e. The van der Waals surface area contributed by atoms with Crippen LogP contribution in [0.2, 0.25) is 0 Å². The van der Waals surface area contributed by atoms with E-state index in [1.807, 2.05) is 0 Å². The van der Waals surface area contributed by atoms with Crippen LogP contribution >= 0.6 is 11.3 Å². The van der Waals surface area contributed by atoms with Gasteiger partial charge in [-0.2, -0.15) is 13.2 Å². The van der Waals surface area contributed by atoms with Crippen molar-refractivity contribution in [1.29, 1.82) is 0 Å². The van der Waals surface area contributed by atoms with Gasteiger partial charge in [-0.1, -0.05) is 6.07 Å². The van der Waals surface area contributed by atoms with Crippen molar-refractivity contribution in [2.24, 2.45) is 0 Å². The van der Waals surface area contributed by atoms with E-state index in [1.165, 1.54) is 6.92 Å². The SMILES string of the molecule is CC(OCC(F)(F)F)C(=O)Nc1nc(-c2ccccn2)cs1. The fourth-order valence-electron chi connectivity index (χ4n) is 1.47. The molecule has 1 amide bonds. The van der Waals surface area contributed by atoms with E-state index in [9.17, 15) is 18.0 Å². The first-order valence-electron chi connectivity index (χ1n) is 6.21. The van der Waals surface area contributed by atoms with E-state index in [4.69, 9.17) is 0 Å². The molecule has 0 aliphatic heterocycles. The number of nitrogens with one attached hydrogen (secondary N) is 1. The Hall–Kier alpha value is -2.00. The zero-order valence-electron chi connectivity index (χ0n) is 11.4. The molecule has 0 fully saturated rings. The number of alkyl halides is 3. The number of amides is 1. The molecule has 118 valence electrons. The number of aromatic nitrogens is 2. The Labute approximate surface area is 128 Å². The van der Waals surface area contributed by atoms with Crippen LogP contribution in [0.1, 0.15) is 6.92 Å².